The number of halogens is 1. The largest absolute Gasteiger partial charge is 0.306 e. The molecule has 0 fully saturated rings. The molecule has 0 N–H and O–H groups in total. The van der Waals surface area contributed by atoms with Crippen LogP contribution in [0.5, 0.6) is 0 Å². The topological polar surface area (TPSA) is 3.24 Å². The van der Waals surface area contributed by atoms with Gasteiger partial charge in [-0.15, -0.1) is 0 Å². The molecule has 0 saturated heterocycles. The second kappa shape index (κ2) is 5.12. The minimum atomic E-state index is 0.605. The van der Waals surface area contributed by atoms with E-state index in [4.69, 9.17) is 0 Å². The van der Waals surface area contributed by atoms with Crippen LogP contribution >= 0.6 is 22.6 Å². The highest BCUT2D eigenvalue weighted by molar-refractivity contribution is 14.1. The van der Waals surface area contributed by atoms with Gasteiger partial charge in [0, 0.05) is 9.61 Å². The maximum Gasteiger partial charge on any atom is 0.0162 e. The summed E-state index contributed by atoms with van der Waals surface area (Å²) in [6.07, 6.45) is 1.13. The maximum atomic E-state index is 2.40. The van der Waals surface area contributed by atoms with E-state index in [9.17, 15) is 0 Å². The average molecular weight is 303 g/mol. The number of rotatable bonds is 3. The third-order valence-electron chi connectivity index (χ3n) is 2.65. The summed E-state index contributed by atoms with van der Waals surface area (Å²) in [5.41, 5.74) is 2.80. The SMILES string of the molecule is Cc1ccc(C[C@@H](C)N(C)C)cc1I. The van der Waals surface area contributed by atoms with E-state index in [1.54, 1.807) is 0 Å². The number of benzene rings is 1. The van der Waals surface area contributed by atoms with Crippen LogP contribution < -0.4 is 0 Å². The van der Waals surface area contributed by atoms with Gasteiger partial charge in [-0.2, -0.15) is 0 Å². The van der Waals surface area contributed by atoms with Gasteiger partial charge in [0.15, 0.2) is 0 Å². The Morgan fingerprint density at radius 2 is 2.00 bits per heavy atom. The Balaban J connectivity index is 2.73. The molecule has 0 amide bonds. The third-order valence-corrected chi connectivity index (χ3v) is 3.81. The van der Waals surface area contributed by atoms with Crippen molar-refractivity contribution < 1.29 is 0 Å². The lowest BCUT2D eigenvalue weighted by Crippen LogP contribution is -2.26. The van der Waals surface area contributed by atoms with Crippen LogP contribution in [0.4, 0.5) is 0 Å². The molecular weight excluding hydrogens is 285 g/mol. The molecular formula is C12H18IN. The van der Waals surface area contributed by atoms with E-state index in [0.717, 1.165) is 6.42 Å². The Kier molecular flexibility index (Phi) is 4.38. The van der Waals surface area contributed by atoms with Gasteiger partial charge >= 0.3 is 0 Å². The van der Waals surface area contributed by atoms with Crippen molar-refractivity contribution in [3.05, 3.63) is 32.9 Å². The van der Waals surface area contributed by atoms with Crippen LogP contribution in [0.25, 0.3) is 0 Å². The zero-order chi connectivity index (χ0) is 10.7. The monoisotopic (exact) mass is 303 g/mol. The summed E-state index contributed by atoms with van der Waals surface area (Å²) < 4.78 is 1.37. The molecule has 1 nitrogen and oxygen atoms in total. The molecule has 0 saturated carbocycles. The smallest absolute Gasteiger partial charge is 0.0162 e. The number of hydrogen-bond donors (Lipinski definition) is 0. The summed E-state index contributed by atoms with van der Waals surface area (Å²) in [5, 5.41) is 0. The molecule has 0 unspecified atom stereocenters. The van der Waals surface area contributed by atoms with Crippen molar-refractivity contribution in [3.8, 4) is 0 Å². The highest BCUT2D eigenvalue weighted by atomic mass is 127. The first-order chi connectivity index (χ1) is 6.50. The Hall–Kier alpha value is -0.0900. The quantitative estimate of drug-likeness (QED) is 0.776. The third kappa shape index (κ3) is 3.24. The van der Waals surface area contributed by atoms with Crippen molar-refractivity contribution in [2.24, 2.45) is 0 Å². The first-order valence-corrected chi connectivity index (χ1v) is 6.00. The van der Waals surface area contributed by atoms with E-state index in [0.29, 0.717) is 6.04 Å². The molecule has 0 aliphatic carbocycles. The molecule has 0 aliphatic heterocycles. The van der Waals surface area contributed by atoms with Gasteiger partial charge in [0.25, 0.3) is 0 Å². The Bertz CT molecular complexity index is 307. The first kappa shape index (κ1) is 12.0. The molecule has 0 spiro atoms. The summed E-state index contributed by atoms with van der Waals surface area (Å²) in [5.74, 6) is 0. The van der Waals surface area contributed by atoms with Crippen LogP contribution in [0, 0.1) is 10.5 Å². The van der Waals surface area contributed by atoms with Gasteiger partial charge in [-0.3, -0.25) is 0 Å². The second-order valence-electron chi connectivity index (χ2n) is 4.10. The summed E-state index contributed by atoms with van der Waals surface area (Å²) in [7, 11) is 4.26. The van der Waals surface area contributed by atoms with Crippen LogP contribution in [-0.4, -0.2) is 25.0 Å². The second-order valence-corrected chi connectivity index (χ2v) is 5.26. The Labute approximate surface area is 101 Å². The fraction of sp³-hybridized carbons (Fsp3) is 0.500. The zero-order valence-electron chi connectivity index (χ0n) is 9.34. The fourth-order valence-electron chi connectivity index (χ4n) is 1.29. The number of hydrogen-bond acceptors (Lipinski definition) is 1. The highest BCUT2D eigenvalue weighted by Crippen LogP contribution is 2.15. The maximum absolute atomic E-state index is 2.40. The Morgan fingerprint density at radius 1 is 1.36 bits per heavy atom. The zero-order valence-corrected chi connectivity index (χ0v) is 11.5. The number of nitrogens with zero attached hydrogens (tertiary/aromatic N) is 1. The average Bonchev–Trinajstić information content (AvgIpc) is 2.11. The predicted molar refractivity (Wildman–Crippen MR) is 70.7 cm³/mol. The molecule has 14 heavy (non-hydrogen) atoms. The van der Waals surface area contributed by atoms with Crippen molar-refractivity contribution in [2.45, 2.75) is 26.3 Å². The van der Waals surface area contributed by atoms with Crippen LogP contribution in [0.2, 0.25) is 0 Å². The van der Waals surface area contributed by atoms with Crippen LogP contribution in [0.3, 0.4) is 0 Å². The molecule has 2 heteroatoms. The fourth-order valence-corrected chi connectivity index (χ4v) is 1.87. The molecule has 0 aliphatic rings. The highest BCUT2D eigenvalue weighted by Gasteiger charge is 2.06. The molecule has 0 aromatic heterocycles. The van der Waals surface area contributed by atoms with Gasteiger partial charge in [0.1, 0.15) is 0 Å². The van der Waals surface area contributed by atoms with Crippen molar-refractivity contribution in [1.82, 2.24) is 4.90 Å². The molecule has 1 aromatic carbocycles. The van der Waals surface area contributed by atoms with E-state index in [1.165, 1.54) is 14.7 Å². The summed E-state index contributed by atoms with van der Waals surface area (Å²) in [4.78, 5) is 2.26. The number of likely N-dealkylation sites (N-methyl/N-ethyl adjacent to an activating group) is 1. The molecule has 1 rings (SSSR count). The minimum absolute atomic E-state index is 0.605. The Morgan fingerprint density at radius 3 is 2.50 bits per heavy atom. The van der Waals surface area contributed by atoms with Crippen molar-refractivity contribution >= 4 is 22.6 Å². The van der Waals surface area contributed by atoms with Crippen LogP contribution in [0.15, 0.2) is 18.2 Å². The minimum Gasteiger partial charge on any atom is -0.306 e. The summed E-state index contributed by atoms with van der Waals surface area (Å²) >= 11 is 2.40. The lowest BCUT2D eigenvalue weighted by molar-refractivity contribution is 0.312. The van der Waals surface area contributed by atoms with E-state index in [1.807, 2.05) is 0 Å². The predicted octanol–water partition coefficient (Wildman–Crippen LogP) is 3.09. The van der Waals surface area contributed by atoms with Gasteiger partial charge in [0.2, 0.25) is 0 Å². The summed E-state index contributed by atoms with van der Waals surface area (Å²) in [6, 6.07) is 7.33. The van der Waals surface area contributed by atoms with Crippen molar-refractivity contribution in [2.75, 3.05) is 14.1 Å². The molecule has 0 radical (unpaired) electrons. The first-order valence-electron chi connectivity index (χ1n) is 4.92. The van der Waals surface area contributed by atoms with Crippen LogP contribution in [0.1, 0.15) is 18.1 Å². The van der Waals surface area contributed by atoms with E-state index >= 15 is 0 Å². The number of aryl methyl sites for hydroxylation is 1. The van der Waals surface area contributed by atoms with Crippen molar-refractivity contribution in [1.29, 1.82) is 0 Å². The summed E-state index contributed by atoms with van der Waals surface area (Å²) in [6.45, 7) is 4.41. The van der Waals surface area contributed by atoms with Gasteiger partial charge in [-0.1, -0.05) is 12.1 Å². The standard InChI is InChI=1S/C12H18IN/c1-9-5-6-11(8-12(9)13)7-10(2)14(3)4/h5-6,8,10H,7H2,1-4H3/t10-/m1/s1. The van der Waals surface area contributed by atoms with Gasteiger partial charge in [-0.25, -0.2) is 0 Å². The molecule has 1 aromatic rings. The van der Waals surface area contributed by atoms with Crippen molar-refractivity contribution in [3.63, 3.8) is 0 Å². The van der Waals surface area contributed by atoms with E-state index < -0.39 is 0 Å². The molecule has 1 atom stereocenters. The van der Waals surface area contributed by atoms with E-state index in [-0.39, 0.29) is 0 Å². The molecule has 78 valence electrons. The molecule has 0 heterocycles. The lowest BCUT2D eigenvalue weighted by Gasteiger charge is -2.19. The van der Waals surface area contributed by atoms with E-state index in [2.05, 4.69) is 73.6 Å². The van der Waals surface area contributed by atoms with Crippen LogP contribution in [-0.2, 0) is 6.42 Å². The normalized spacial score (nSPS) is 13.3. The van der Waals surface area contributed by atoms with Gasteiger partial charge in [0.05, 0.1) is 0 Å². The molecule has 0 bridgehead atoms. The van der Waals surface area contributed by atoms with Gasteiger partial charge < -0.3 is 4.90 Å². The van der Waals surface area contributed by atoms with Gasteiger partial charge in [-0.05, 0) is 74.1 Å². The lowest BCUT2D eigenvalue weighted by atomic mass is 10.1.